The summed E-state index contributed by atoms with van der Waals surface area (Å²) in [6, 6.07) is 24.5. The van der Waals surface area contributed by atoms with Crippen molar-refractivity contribution >= 4 is 44.9 Å². The largest absolute Gasteiger partial charge is 0.368 e. The lowest BCUT2D eigenvalue weighted by Crippen LogP contribution is -2.39. The van der Waals surface area contributed by atoms with Crippen LogP contribution in [0.2, 0.25) is 5.02 Å². The SMILES string of the molecule is CCC(=O)c1ccc2c(c1)nc(NCCN1CCC(CNCc3ccc(-c4ccccc4)c(Cl)c3)CC1)c1ccncc12. The second-order valence-electron chi connectivity index (χ2n) is 11.4. The fourth-order valence-electron chi connectivity index (χ4n) is 6.05. The Morgan fingerprint density at radius 2 is 1.81 bits per heavy atom. The third-order valence-corrected chi connectivity index (χ3v) is 8.86. The van der Waals surface area contributed by atoms with E-state index in [0.717, 1.165) is 82.9 Å². The Morgan fingerprint density at radius 1 is 0.977 bits per heavy atom. The van der Waals surface area contributed by atoms with Crippen LogP contribution in [0.1, 0.15) is 42.1 Å². The van der Waals surface area contributed by atoms with Gasteiger partial charge in [0, 0.05) is 70.8 Å². The highest BCUT2D eigenvalue weighted by molar-refractivity contribution is 6.33. The topological polar surface area (TPSA) is 70.2 Å². The molecule has 1 fully saturated rings. The average Bonchev–Trinajstić information content (AvgIpc) is 3.05. The minimum atomic E-state index is 0.130. The molecule has 220 valence electrons. The second kappa shape index (κ2) is 13.6. The minimum Gasteiger partial charge on any atom is -0.368 e. The number of fused-ring (bicyclic) bond motifs is 3. The molecule has 0 amide bonds. The van der Waals surface area contributed by atoms with Crippen LogP contribution in [0.4, 0.5) is 5.82 Å². The van der Waals surface area contributed by atoms with Crippen LogP contribution in [0.3, 0.4) is 0 Å². The van der Waals surface area contributed by atoms with Gasteiger partial charge in [0.25, 0.3) is 0 Å². The molecule has 0 radical (unpaired) electrons. The van der Waals surface area contributed by atoms with E-state index in [9.17, 15) is 4.79 Å². The van der Waals surface area contributed by atoms with Crippen molar-refractivity contribution in [2.24, 2.45) is 5.92 Å². The monoisotopic (exact) mass is 591 g/mol. The number of hydrogen-bond donors (Lipinski definition) is 2. The predicted octanol–water partition coefficient (Wildman–Crippen LogP) is 7.61. The highest BCUT2D eigenvalue weighted by Gasteiger charge is 2.19. The molecular formula is C36H38ClN5O. The summed E-state index contributed by atoms with van der Waals surface area (Å²) in [4.78, 5) is 24.1. The van der Waals surface area contributed by atoms with Crippen molar-refractivity contribution in [2.75, 3.05) is 38.0 Å². The van der Waals surface area contributed by atoms with Gasteiger partial charge in [-0.25, -0.2) is 4.98 Å². The number of rotatable bonds is 11. The standard InChI is InChI=1S/C36H38ClN5O/c1-2-35(43)28-9-11-30-32-24-38-15-12-31(32)36(41-34(30)21-28)40-16-19-42-17-13-25(14-18-42)22-39-23-26-8-10-29(33(37)20-26)27-6-4-3-5-7-27/h3-12,15,20-21,24-25,39H,2,13-14,16-19,22-23H2,1H3,(H,40,41). The summed E-state index contributed by atoms with van der Waals surface area (Å²) in [6.07, 6.45) is 6.56. The molecule has 43 heavy (non-hydrogen) atoms. The van der Waals surface area contributed by atoms with Gasteiger partial charge in [0.1, 0.15) is 5.82 Å². The van der Waals surface area contributed by atoms with E-state index in [1.165, 1.54) is 18.4 Å². The summed E-state index contributed by atoms with van der Waals surface area (Å²) >= 11 is 6.61. The van der Waals surface area contributed by atoms with Gasteiger partial charge in [-0.1, -0.05) is 73.1 Å². The normalized spacial score (nSPS) is 14.4. The number of carbonyl (C=O) groups excluding carboxylic acids is 1. The Morgan fingerprint density at radius 3 is 2.60 bits per heavy atom. The first-order valence-corrected chi connectivity index (χ1v) is 15.7. The van der Waals surface area contributed by atoms with Crippen LogP contribution in [-0.4, -0.2) is 53.4 Å². The van der Waals surface area contributed by atoms with E-state index < -0.39 is 0 Å². The number of Topliss-reactive ketones (excluding diaryl/α,β-unsaturated/α-hetero) is 1. The first-order valence-electron chi connectivity index (χ1n) is 15.3. The number of nitrogens with zero attached hydrogens (tertiary/aromatic N) is 3. The molecule has 1 saturated heterocycles. The van der Waals surface area contributed by atoms with Crippen molar-refractivity contribution in [1.82, 2.24) is 20.2 Å². The predicted molar refractivity (Wildman–Crippen MR) is 178 cm³/mol. The highest BCUT2D eigenvalue weighted by atomic mass is 35.5. The van der Waals surface area contributed by atoms with Gasteiger partial charge >= 0.3 is 0 Å². The van der Waals surface area contributed by atoms with Gasteiger partial charge < -0.3 is 15.5 Å². The maximum Gasteiger partial charge on any atom is 0.162 e. The lowest BCUT2D eigenvalue weighted by Gasteiger charge is -2.32. The molecule has 0 aliphatic carbocycles. The summed E-state index contributed by atoms with van der Waals surface area (Å²) in [5.74, 6) is 1.66. The molecule has 0 unspecified atom stereocenters. The Balaban J connectivity index is 0.984. The van der Waals surface area contributed by atoms with Crippen LogP contribution in [-0.2, 0) is 6.54 Å². The molecule has 0 atom stereocenters. The lowest BCUT2D eigenvalue weighted by atomic mass is 9.96. The number of piperidine rings is 1. The van der Waals surface area contributed by atoms with Crippen molar-refractivity contribution < 1.29 is 4.79 Å². The van der Waals surface area contributed by atoms with E-state index in [-0.39, 0.29) is 5.78 Å². The minimum absolute atomic E-state index is 0.130. The molecular weight excluding hydrogens is 554 g/mol. The van der Waals surface area contributed by atoms with E-state index in [1.807, 2.05) is 61.8 Å². The third kappa shape index (κ3) is 6.88. The molecule has 6 nitrogen and oxygen atoms in total. The van der Waals surface area contributed by atoms with Gasteiger partial charge in [0.05, 0.1) is 5.52 Å². The number of likely N-dealkylation sites (tertiary alicyclic amines) is 1. The number of pyridine rings is 2. The number of hydrogen-bond acceptors (Lipinski definition) is 6. The molecule has 6 rings (SSSR count). The number of aromatic nitrogens is 2. The summed E-state index contributed by atoms with van der Waals surface area (Å²) in [7, 11) is 0. The highest BCUT2D eigenvalue weighted by Crippen LogP contribution is 2.30. The van der Waals surface area contributed by atoms with Crippen LogP contribution in [0.25, 0.3) is 32.8 Å². The first kappa shape index (κ1) is 29.2. The molecule has 7 heteroatoms. The number of ketones is 1. The molecule has 3 aromatic carbocycles. The molecule has 0 saturated carbocycles. The summed E-state index contributed by atoms with van der Waals surface area (Å²) in [5.41, 5.74) is 4.97. The molecule has 2 N–H and O–H groups in total. The van der Waals surface area contributed by atoms with Crippen molar-refractivity contribution in [1.29, 1.82) is 0 Å². The van der Waals surface area contributed by atoms with Crippen molar-refractivity contribution in [3.05, 3.63) is 101 Å². The first-order chi connectivity index (χ1) is 21.1. The van der Waals surface area contributed by atoms with E-state index in [1.54, 1.807) is 0 Å². The molecule has 1 aliphatic rings. The zero-order valence-electron chi connectivity index (χ0n) is 24.7. The van der Waals surface area contributed by atoms with Crippen molar-refractivity contribution in [3.63, 3.8) is 0 Å². The summed E-state index contributed by atoms with van der Waals surface area (Å²) in [6.45, 7) is 7.72. The Hall–Kier alpha value is -3.84. The molecule has 0 spiro atoms. The third-order valence-electron chi connectivity index (χ3n) is 8.55. The van der Waals surface area contributed by atoms with Gasteiger partial charge in [-0.15, -0.1) is 0 Å². The second-order valence-corrected chi connectivity index (χ2v) is 11.8. The van der Waals surface area contributed by atoms with Gasteiger partial charge in [-0.05, 0) is 67.7 Å². The molecule has 0 bridgehead atoms. The Bertz CT molecular complexity index is 1720. The number of carbonyl (C=O) groups is 1. The molecule has 1 aliphatic heterocycles. The Labute approximate surface area is 258 Å². The molecule has 2 aromatic heterocycles. The van der Waals surface area contributed by atoms with Crippen molar-refractivity contribution in [3.8, 4) is 11.1 Å². The van der Waals surface area contributed by atoms with Gasteiger partial charge in [-0.3, -0.25) is 9.78 Å². The quantitative estimate of drug-likeness (QED) is 0.122. The number of benzene rings is 3. The number of halogens is 1. The van der Waals surface area contributed by atoms with Crippen LogP contribution in [0, 0.1) is 5.92 Å². The summed E-state index contributed by atoms with van der Waals surface area (Å²) in [5, 5.41) is 11.2. The number of nitrogens with one attached hydrogen (secondary N) is 2. The van der Waals surface area contributed by atoms with Crippen LogP contribution in [0.15, 0.2) is 85.2 Å². The van der Waals surface area contributed by atoms with Gasteiger partial charge in [-0.2, -0.15) is 0 Å². The van der Waals surface area contributed by atoms with Gasteiger partial charge in [0.2, 0.25) is 0 Å². The molecule has 5 aromatic rings. The van der Waals surface area contributed by atoms with E-state index in [2.05, 4.69) is 50.8 Å². The van der Waals surface area contributed by atoms with E-state index >= 15 is 0 Å². The van der Waals surface area contributed by atoms with E-state index in [0.29, 0.717) is 17.9 Å². The maximum absolute atomic E-state index is 12.3. The zero-order valence-corrected chi connectivity index (χ0v) is 25.4. The van der Waals surface area contributed by atoms with Gasteiger partial charge in [0.15, 0.2) is 5.78 Å². The smallest absolute Gasteiger partial charge is 0.162 e. The maximum atomic E-state index is 12.3. The Kier molecular flexibility index (Phi) is 9.27. The fraction of sp³-hybridized carbons (Fsp3) is 0.306. The van der Waals surface area contributed by atoms with E-state index in [4.69, 9.17) is 16.6 Å². The number of anilines is 1. The van der Waals surface area contributed by atoms with Crippen LogP contribution >= 0.6 is 11.6 Å². The summed E-state index contributed by atoms with van der Waals surface area (Å²) < 4.78 is 0. The zero-order chi connectivity index (χ0) is 29.6. The fourth-order valence-corrected chi connectivity index (χ4v) is 6.36. The lowest BCUT2D eigenvalue weighted by molar-refractivity contribution is 0.0988. The average molecular weight is 592 g/mol. The van der Waals surface area contributed by atoms with Crippen LogP contribution < -0.4 is 10.6 Å². The molecule has 3 heterocycles. The van der Waals surface area contributed by atoms with Crippen molar-refractivity contribution in [2.45, 2.75) is 32.7 Å². The van der Waals surface area contributed by atoms with Crippen LogP contribution in [0.5, 0.6) is 0 Å².